The number of ether oxygens (including phenoxy) is 1. The van der Waals surface area contributed by atoms with Crippen molar-refractivity contribution in [1.82, 2.24) is 0 Å². The first-order valence-corrected chi connectivity index (χ1v) is 4.05. The summed E-state index contributed by atoms with van der Waals surface area (Å²) in [5.74, 6) is 0. The lowest BCUT2D eigenvalue weighted by Crippen LogP contribution is -2.43. The lowest BCUT2D eigenvalue weighted by atomic mass is 9.74. The maximum absolute atomic E-state index is 10.5. The van der Waals surface area contributed by atoms with Gasteiger partial charge in [-0.3, -0.25) is 0 Å². The third kappa shape index (κ3) is 2.57. The van der Waals surface area contributed by atoms with Crippen molar-refractivity contribution in [3.05, 3.63) is 0 Å². The van der Waals surface area contributed by atoms with Crippen molar-refractivity contribution < 1.29 is 14.6 Å². The molecule has 3 nitrogen and oxygen atoms in total. The molecule has 0 aromatic rings. The number of hydrogen-bond acceptors (Lipinski definition) is 3. The molecule has 0 saturated heterocycles. The molecule has 0 aromatic heterocycles. The Bertz CT molecular complexity index is 150. The van der Waals surface area contributed by atoms with Gasteiger partial charge in [-0.25, -0.2) is 0 Å². The number of aliphatic hydroxyl groups is 1. The Morgan fingerprint density at radius 2 is 1.92 bits per heavy atom. The predicted molar refractivity (Wildman–Crippen MR) is 47.0 cm³/mol. The van der Waals surface area contributed by atoms with Crippen LogP contribution in [-0.4, -0.2) is 30.7 Å². The highest BCUT2D eigenvalue weighted by Gasteiger charge is 2.38. The fourth-order valence-corrected chi connectivity index (χ4v) is 0.770. The number of methoxy groups -OCH3 is 1. The molecule has 1 unspecified atom stereocenters. The van der Waals surface area contributed by atoms with Crippen LogP contribution in [0.1, 0.15) is 27.2 Å². The first kappa shape index (κ1) is 11.6. The summed E-state index contributed by atoms with van der Waals surface area (Å²) in [6.07, 6.45) is 1.25. The summed E-state index contributed by atoms with van der Waals surface area (Å²) in [6.45, 7) is 5.77. The van der Waals surface area contributed by atoms with Crippen LogP contribution in [0.15, 0.2) is 0 Å². The molecule has 0 bridgehead atoms. The van der Waals surface area contributed by atoms with Crippen LogP contribution in [0.25, 0.3) is 0 Å². The highest BCUT2D eigenvalue weighted by molar-refractivity contribution is 5.62. The number of aldehydes is 1. The predicted octanol–water partition coefficient (Wildman–Crippen LogP) is 0.999. The second-order valence-corrected chi connectivity index (χ2v) is 3.89. The van der Waals surface area contributed by atoms with Gasteiger partial charge in [0.25, 0.3) is 0 Å². The Morgan fingerprint density at radius 3 is 2.25 bits per heavy atom. The monoisotopic (exact) mass is 174 g/mol. The van der Waals surface area contributed by atoms with Gasteiger partial charge in [-0.2, -0.15) is 0 Å². The third-order valence-electron chi connectivity index (χ3n) is 2.53. The van der Waals surface area contributed by atoms with E-state index < -0.39 is 11.0 Å². The number of carbonyl (C=O) groups is 1. The van der Waals surface area contributed by atoms with Gasteiger partial charge in [0.1, 0.15) is 5.60 Å². The van der Waals surface area contributed by atoms with E-state index in [0.29, 0.717) is 19.3 Å². The minimum Gasteiger partial charge on any atom is -0.385 e. The van der Waals surface area contributed by atoms with Gasteiger partial charge in [-0.1, -0.05) is 13.8 Å². The summed E-state index contributed by atoms with van der Waals surface area (Å²) in [6, 6.07) is 0. The highest BCUT2D eigenvalue weighted by atomic mass is 16.5. The molecule has 0 saturated carbocycles. The maximum atomic E-state index is 10.5. The molecule has 0 aliphatic rings. The number of rotatable bonds is 5. The van der Waals surface area contributed by atoms with E-state index >= 15 is 0 Å². The van der Waals surface area contributed by atoms with E-state index in [1.807, 2.05) is 13.8 Å². The summed E-state index contributed by atoms with van der Waals surface area (Å²) in [4.78, 5) is 10.5. The SMILES string of the molecule is COCCC(C)(C)C(C)(O)C=O. The molecule has 12 heavy (non-hydrogen) atoms. The van der Waals surface area contributed by atoms with Crippen molar-refractivity contribution >= 4 is 6.29 Å². The van der Waals surface area contributed by atoms with Crippen molar-refractivity contribution in [2.24, 2.45) is 5.41 Å². The van der Waals surface area contributed by atoms with Gasteiger partial charge in [0.05, 0.1) is 0 Å². The topological polar surface area (TPSA) is 46.5 Å². The standard InChI is InChI=1S/C9H18O3/c1-8(2,5-6-12-4)9(3,11)7-10/h7,11H,5-6H2,1-4H3. The van der Waals surface area contributed by atoms with E-state index in [0.717, 1.165) is 0 Å². The summed E-state index contributed by atoms with van der Waals surface area (Å²) in [5.41, 5.74) is -1.71. The molecular weight excluding hydrogens is 156 g/mol. The van der Waals surface area contributed by atoms with Gasteiger partial charge in [-0.05, 0) is 13.3 Å². The largest absolute Gasteiger partial charge is 0.385 e. The minimum absolute atomic E-state index is 0.440. The molecule has 0 radical (unpaired) electrons. The van der Waals surface area contributed by atoms with Crippen molar-refractivity contribution in [3.63, 3.8) is 0 Å². The van der Waals surface area contributed by atoms with E-state index in [4.69, 9.17) is 4.74 Å². The van der Waals surface area contributed by atoms with Crippen LogP contribution >= 0.6 is 0 Å². The molecule has 3 heteroatoms. The van der Waals surface area contributed by atoms with Crippen molar-refractivity contribution in [1.29, 1.82) is 0 Å². The van der Waals surface area contributed by atoms with Crippen LogP contribution in [0.3, 0.4) is 0 Å². The Hall–Kier alpha value is -0.410. The molecule has 0 heterocycles. The molecule has 0 spiro atoms. The fraction of sp³-hybridized carbons (Fsp3) is 0.889. The lowest BCUT2D eigenvalue weighted by Gasteiger charge is -2.35. The highest BCUT2D eigenvalue weighted by Crippen LogP contribution is 2.32. The fourth-order valence-electron chi connectivity index (χ4n) is 0.770. The molecule has 0 aromatic carbocycles. The number of hydrogen-bond donors (Lipinski definition) is 1. The second-order valence-electron chi connectivity index (χ2n) is 3.89. The first-order chi connectivity index (χ1) is 5.37. The third-order valence-corrected chi connectivity index (χ3v) is 2.53. The summed E-state index contributed by atoms with van der Waals surface area (Å²) in [5, 5.41) is 9.65. The van der Waals surface area contributed by atoms with Crippen LogP contribution < -0.4 is 0 Å². The molecular formula is C9H18O3. The molecule has 0 fully saturated rings. The van der Waals surface area contributed by atoms with E-state index in [1.54, 1.807) is 7.11 Å². The summed E-state index contributed by atoms with van der Waals surface area (Å²) in [7, 11) is 1.60. The Kier molecular flexibility index (Phi) is 3.87. The van der Waals surface area contributed by atoms with Gasteiger partial charge in [0.15, 0.2) is 6.29 Å². The smallest absolute Gasteiger partial charge is 0.151 e. The van der Waals surface area contributed by atoms with E-state index in [2.05, 4.69) is 0 Å². The van der Waals surface area contributed by atoms with Gasteiger partial charge < -0.3 is 14.6 Å². The zero-order valence-electron chi connectivity index (χ0n) is 8.26. The van der Waals surface area contributed by atoms with Crippen molar-refractivity contribution in [2.75, 3.05) is 13.7 Å². The van der Waals surface area contributed by atoms with Crippen LogP contribution in [0, 0.1) is 5.41 Å². The zero-order chi connectivity index (χ0) is 9.83. The summed E-state index contributed by atoms with van der Waals surface area (Å²) >= 11 is 0. The van der Waals surface area contributed by atoms with Crippen LogP contribution in [0.2, 0.25) is 0 Å². The Labute approximate surface area is 73.7 Å². The van der Waals surface area contributed by atoms with E-state index in [-0.39, 0.29) is 0 Å². The average Bonchev–Trinajstić information content (AvgIpc) is 2.00. The van der Waals surface area contributed by atoms with Gasteiger partial charge >= 0.3 is 0 Å². The van der Waals surface area contributed by atoms with Crippen LogP contribution in [0.5, 0.6) is 0 Å². The number of carbonyl (C=O) groups excluding carboxylic acids is 1. The van der Waals surface area contributed by atoms with Crippen LogP contribution in [-0.2, 0) is 9.53 Å². The van der Waals surface area contributed by atoms with Gasteiger partial charge in [0, 0.05) is 19.1 Å². The summed E-state index contributed by atoms with van der Waals surface area (Å²) < 4.78 is 4.89. The Morgan fingerprint density at radius 1 is 1.42 bits per heavy atom. The second kappa shape index (κ2) is 4.01. The molecule has 1 atom stereocenters. The average molecular weight is 174 g/mol. The maximum Gasteiger partial charge on any atom is 0.151 e. The first-order valence-electron chi connectivity index (χ1n) is 4.05. The van der Waals surface area contributed by atoms with Crippen LogP contribution in [0.4, 0.5) is 0 Å². The zero-order valence-corrected chi connectivity index (χ0v) is 8.26. The van der Waals surface area contributed by atoms with E-state index in [1.165, 1.54) is 6.92 Å². The van der Waals surface area contributed by atoms with Gasteiger partial charge in [0.2, 0.25) is 0 Å². The molecule has 0 rings (SSSR count). The lowest BCUT2D eigenvalue weighted by molar-refractivity contribution is -0.135. The normalized spacial score (nSPS) is 17.1. The van der Waals surface area contributed by atoms with Crippen molar-refractivity contribution in [3.8, 4) is 0 Å². The molecule has 72 valence electrons. The quantitative estimate of drug-likeness (QED) is 0.632. The van der Waals surface area contributed by atoms with E-state index in [9.17, 15) is 9.90 Å². The van der Waals surface area contributed by atoms with Crippen molar-refractivity contribution in [2.45, 2.75) is 32.8 Å². The molecule has 0 amide bonds. The minimum atomic E-state index is -1.27. The van der Waals surface area contributed by atoms with Gasteiger partial charge in [-0.15, -0.1) is 0 Å². The molecule has 0 aliphatic heterocycles. The molecule has 0 aliphatic carbocycles. The Balaban J connectivity index is 4.27. The molecule has 1 N–H and O–H groups in total.